The molecule has 0 aromatic carbocycles. The van der Waals surface area contributed by atoms with Crippen LogP contribution in [0.1, 0.15) is 51.4 Å². The van der Waals surface area contributed by atoms with Crippen molar-refractivity contribution in [2.75, 3.05) is 26.1 Å². The molecule has 0 unspecified atom stereocenters. The van der Waals surface area contributed by atoms with Crippen LogP contribution in [0.2, 0.25) is 0 Å². The van der Waals surface area contributed by atoms with Gasteiger partial charge in [0.25, 0.3) is 5.91 Å². The number of rotatable bonds is 9. The van der Waals surface area contributed by atoms with Crippen molar-refractivity contribution in [3.63, 3.8) is 0 Å². The maximum Gasteiger partial charge on any atom is 0.306 e. The Morgan fingerprint density at radius 2 is 1.77 bits per heavy atom. The summed E-state index contributed by atoms with van der Waals surface area (Å²) in [5.74, 6) is 0.402. The molecular formula is C18H27N3O5. The highest BCUT2D eigenvalue weighted by atomic mass is 16.5. The van der Waals surface area contributed by atoms with Gasteiger partial charge in [-0.3, -0.25) is 14.9 Å². The molecule has 0 atom stereocenters. The fraction of sp³-hybridized carbons (Fsp3) is 0.667. The number of carbonyl (C=O) groups is 2. The van der Waals surface area contributed by atoms with E-state index in [9.17, 15) is 9.59 Å². The van der Waals surface area contributed by atoms with Crippen LogP contribution in [-0.4, -0.2) is 42.7 Å². The summed E-state index contributed by atoms with van der Waals surface area (Å²) in [5, 5.41) is 2.46. The molecular weight excluding hydrogens is 338 g/mol. The van der Waals surface area contributed by atoms with Crippen LogP contribution in [0.5, 0.6) is 11.8 Å². The molecule has 144 valence electrons. The van der Waals surface area contributed by atoms with Gasteiger partial charge in [-0.15, -0.1) is 0 Å². The molecule has 0 spiro atoms. The Morgan fingerprint density at radius 1 is 1.12 bits per heavy atom. The van der Waals surface area contributed by atoms with Gasteiger partial charge in [0.05, 0.1) is 20.3 Å². The molecule has 1 fully saturated rings. The third kappa shape index (κ3) is 6.85. The number of aromatic nitrogens is 2. The zero-order valence-electron chi connectivity index (χ0n) is 15.5. The van der Waals surface area contributed by atoms with E-state index in [4.69, 9.17) is 14.2 Å². The zero-order chi connectivity index (χ0) is 18.8. The van der Waals surface area contributed by atoms with Gasteiger partial charge >= 0.3 is 5.97 Å². The van der Waals surface area contributed by atoms with Crippen LogP contribution in [0, 0.1) is 5.92 Å². The number of esters is 1. The number of hydrogen-bond donors (Lipinski definition) is 1. The van der Waals surface area contributed by atoms with E-state index in [2.05, 4.69) is 15.3 Å². The first-order valence-electron chi connectivity index (χ1n) is 9.03. The van der Waals surface area contributed by atoms with Crippen molar-refractivity contribution in [2.24, 2.45) is 5.92 Å². The molecule has 1 aromatic rings. The van der Waals surface area contributed by atoms with Crippen molar-refractivity contribution in [1.29, 1.82) is 0 Å². The summed E-state index contributed by atoms with van der Waals surface area (Å²) >= 11 is 0. The van der Waals surface area contributed by atoms with E-state index in [0.29, 0.717) is 6.42 Å². The molecule has 8 nitrogen and oxygen atoms in total. The fourth-order valence-corrected chi connectivity index (χ4v) is 3.06. The lowest BCUT2D eigenvalue weighted by molar-refractivity contribution is -0.147. The largest absolute Gasteiger partial charge is 0.481 e. The predicted octanol–water partition coefficient (Wildman–Crippen LogP) is 2.73. The highest BCUT2D eigenvalue weighted by molar-refractivity contribution is 5.91. The van der Waals surface area contributed by atoms with Gasteiger partial charge in [0, 0.05) is 6.42 Å². The molecule has 1 N–H and O–H groups in total. The predicted molar refractivity (Wildman–Crippen MR) is 95.2 cm³/mol. The number of nitrogens with zero attached hydrogens (tertiary/aromatic N) is 2. The molecule has 0 aliphatic heterocycles. The van der Waals surface area contributed by atoms with Gasteiger partial charge in [-0.1, -0.05) is 32.1 Å². The Kier molecular flexibility index (Phi) is 8.11. The van der Waals surface area contributed by atoms with Crippen LogP contribution in [0.4, 0.5) is 5.95 Å². The van der Waals surface area contributed by atoms with E-state index in [1.165, 1.54) is 52.4 Å². The molecule has 1 aliphatic carbocycles. The molecule has 0 saturated heterocycles. The highest BCUT2D eigenvalue weighted by Crippen LogP contribution is 2.27. The maximum absolute atomic E-state index is 11.9. The fourth-order valence-electron chi connectivity index (χ4n) is 3.06. The molecule has 1 heterocycles. The van der Waals surface area contributed by atoms with Gasteiger partial charge in [-0.25, -0.2) is 0 Å². The van der Waals surface area contributed by atoms with E-state index in [1.807, 2.05) is 0 Å². The second kappa shape index (κ2) is 10.6. The average Bonchev–Trinajstić information content (AvgIpc) is 2.66. The topological polar surface area (TPSA) is 99.6 Å². The Labute approximate surface area is 153 Å². The molecule has 1 aromatic heterocycles. The molecule has 2 rings (SSSR count). The number of nitrogens with one attached hydrogen (secondary N) is 1. The zero-order valence-corrected chi connectivity index (χ0v) is 15.5. The molecule has 1 saturated carbocycles. The van der Waals surface area contributed by atoms with Crippen LogP contribution >= 0.6 is 0 Å². The van der Waals surface area contributed by atoms with Crippen molar-refractivity contribution in [3.8, 4) is 11.8 Å². The monoisotopic (exact) mass is 365 g/mol. The third-order valence-electron chi connectivity index (χ3n) is 4.43. The Balaban J connectivity index is 1.68. The summed E-state index contributed by atoms with van der Waals surface area (Å²) in [5.41, 5.74) is 0. The molecule has 0 bridgehead atoms. The Hall–Kier alpha value is -2.38. The second-order valence-electron chi connectivity index (χ2n) is 6.38. The van der Waals surface area contributed by atoms with Gasteiger partial charge < -0.3 is 14.2 Å². The van der Waals surface area contributed by atoms with E-state index in [-0.39, 0.29) is 30.3 Å². The van der Waals surface area contributed by atoms with Crippen LogP contribution in [0.15, 0.2) is 6.07 Å². The SMILES string of the molecule is COc1cc(OC)nc(NC(=O)COC(=O)CCCC2CCCCC2)n1. The van der Waals surface area contributed by atoms with Crippen LogP contribution in [-0.2, 0) is 14.3 Å². The summed E-state index contributed by atoms with van der Waals surface area (Å²) in [4.78, 5) is 31.6. The summed E-state index contributed by atoms with van der Waals surface area (Å²) in [6, 6.07) is 1.49. The van der Waals surface area contributed by atoms with Gasteiger partial charge in [0.15, 0.2) is 6.61 Å². The lowest BCUT2D eigenvalue weighted by Crippen LogP contribution is -2.22. The normalized spacial score (nSPS) is 14.5. The lowest BCUT2D eigenvalue weighted by Gasteiger charge is -2.20. The minimum atomic E-state index is -0.513. The summed E-state index contributed by atoms with van der Waals surface area (Å²) in [6.45, 7) is -0.370. The molecule has 1 amide bonds. The molecule has 0 radical (unpaired) electrons. The van der Waals surface area contributed by atoms with Gasteiger partial charge in [0.1, 0.15) is 0 Å². The number of methoxy groups -OCH3 is 2. The Bertz CT molecular complexity index is 580. The van der Waals surface area contributed by atoms with Gasteiger partial charge in [-0.05, 0) is 18.8 Å². The number of hydrogen-bond acceptors (Lipinski definition) is 7. The first kappa shape index (κ1) is 19.9. The second-order valence-corrected chi connectivity index (χ2v) is 6.38. The van der Waals surface area contributed by atoms with E-state index >= 15 is 0 Å². The van der Waals surface area contributed by atoms with E-state index in [1.54, 1.807) is 0 Å². The van der Waals surface area contributed by atoms with Crippen molar-refractivity contribution in [1.82, 2.24) is 9.97 Å². The third-order valence-corrected chi connectivity index (χ3v) is 4.43. The van der Waals surface area contributed by atoms with Crippen molar-refractivity contribution < 1.29 is 23.8 Å². The van der Waals surface area contributed by atoms with Gasteiger partial charge in [0.2, 0.25) is 17.7 Å². The number of amides is 1. The summed E-state index contributed by atoms with van der Waals surface area (Å²) in [7, 11) is 2.89. The van der Waals surface area contributed by atoms with Crippen LogP contribution in [0.3, 0.4) is 0 Å². The lowest BCUT2D eigenvalue weighted by atomic mass is 9.86. The highest BCUT2D eigenvalue weighted by Gasteiger charge is 2.15. The summed E-state index contributed by atoms with van der Waals surface area (Å²) < 4.78 is 15.0. The van der Waals surface area contributed by atoms with E-state index in [0.717, 1.165) is 18.8 Å². The van der Waals surface area contributed by atoms with Crippen LogP contribution < -0.4 is 14.8 Å². The quantitative estimate of drug-likeness (QED) is 0.672. The first-order valence-corrected chi connectivity index (χ1v) is 9.03. The number of carbonyl (C=O) groups excluding carboxylic acids is 2. The van der Waals surface area contributed by atoms with Gasteiger partial charge in [-0.2, -0.15) is 9.97 Å². The summed E-state index contributed by atoms with van der Waals surface area (Å²) in [6.07, 6.45) is 8.66. The number of anilines is 1. The standard InChI is InChI=1S/C18H27N3O5/c1-24-15-11-16(25-2)21-18(20-15)19-14(22)12-26-17(23)10-6-9-13-7-4-3-5-8-13/h11,13H,3-10,12H2,1-2H3,(H,19,20,21,22). The van der Waals surface area contributed by atoms with Crippen molar-refractivity contribution >= 4 is 17.8 Å². The first-order chi connectivity index (χ1) is 12.6. The number of ether oxygens (including phenoxy) is 3. The molecule has 8 heteroatoms. The van der Waals surface area contributed by atoms with E-state index < -0.39 is 5.91 Å². The minimum absolute atomic E-state index is 0.0274. The molecule has 26 heavy (non-hydrogen) atoms. The van der Waals surface area contributed by atoms with Crippen LogP contribution in [0.25, 0.3) is 0 Å². The average molecular weight is 365 g/mol. The maximum atomic E-state index is 11.9. The van der Waals surface area contributed by atoms with Crippen molar-refractivity contribution in [3.05, 3.63) is 6.07 Å². The van der Waals surface area contributed by atoms with Crippen molar-refractivity contribution in [2.45, 2.75) is 51.4 Å². The minimum Gasteiger partial charge on any atom is -0.481 e. The smallest absolute Gasteiger partial charge is 0.306 e. The molecule has 1 aliphatic rings. The Morgan fingerprint density at radius 3 is 2.38 bits per heavy atom.